The molecule has 1 saturated heterocycles. The van der Waals surface area contributed by atoms with Gasteiger partial charge in [-0.3, -0.25) is 9.13 Å². The van der Waals surface area contributed by atoms with Crippen molar-refractivity contribution in [1.29, 1.82) is 0 Å². The summed E-state index contributed by atoms with van der Waals surface area (Å²) in [7, 11) is -1.67. The monoisotopic (exact) mass is 501 g/mol. The Morgan fingerprint density at radius 2 is 1.94 bits per heavy atom. The Balaban J connectivity index is 1.64. The molecule has 0 radical (unpaired) electrons. The molecule has 0 spiro atoms. The molecule has 1 fully saturated rings. The van der Waals surface area contributed by atoms with Gasteiger partial charge in [-0.1, -0.05) is 18.2 Å². The van der Waals surface area contributed by atoms with E-state index in [2.05, 4.69) is 20.3 Å². The summed E-state index contributed by atoms with van der Waals surface area (Å²) < 4.78 is 37.3. The van der Waals surface area contributed by atoms with Crippen molar-refractivity contribution in [2.75, 3.05) is 25.6 Å². The number of hydrogen-bond acceptors (Lipinski definition) is 10. The van der Waals surface area contributed by atoms with Gasteiger partial charge in [0.1, 0.15) is 11.8 Å². The number of hydrogen-bond donors (Lipinski definition) is 1. The lowest BCUT2D eigenvalue weighted by atomic mass is 10.2. The van der Waals surface area contributed by atoms with Gasteiger partial charge in [0, 0.05) is 19.3 Å². The quantitative estimate of drug-likeness (QED) is 0.320. The second-order valence-electron chi connectivity index (χ2n) is 7.62. The van der Waals surface area contributed by atoms with Crippen LogP contribution < -0.4 is 5.32 Å². The largest absolute Gasteiger partial charge is 0.454 e. The number of benzene rings is 1. The van der Waals surface area contributed by atoms with E-state index >= 15 is 0 Å². The Labute approximate surface area is 203 Å². The van der Waals surface area contributed by atoms with E-state index in [-0.39, 0.29) is 13.2 Å². The highest BCUT2D eigenvalue weighted by molar-refractivity contribution is 7.57. The van der Waals surface area contributed by atoms with E-state index in [4.69, 9.17) is 18.5 Å². The lowest BCUT2D eigenvalue weighted by Crippen LogP contribution is -2.25. The Bertz CT molecular complexity index is 1220. The minimum absolute atomic E-state index is 0.238. The number of imidazole rings is 1. The van der Waals surface area contributed by atoms with Crippen molar-refractivity contribution in [2.45, 2.75) is 38.7 Å². The number of esters is 1. The Morgan fingerprint density at radius 3 is 2.63 bits per heavy atom. The highest BCUT2D eigenvalue weighted by Gasteiger charge is 2.40. The fraction of sp³-hybridized carbons (Fsp3) is 0.391. The average Bonchev–Trinajstić information content (AvgIpc) is 3.47. The standard InChI is InChI=1S/C23H28N5O6P/c1-4-31-35(30,32-5-2)12-11-17-13-18(34-23(29)16-9-7-6-8-10-16)22(33-17)28-15-27-19-20(24-3)25-14-26-21(19)28/h6-12,14-15,17-18,22H,4-5,13H2,1-3H3,(H,24,25,26)/b12-11+/t17-,18-,22-/m1/s1. The molecule has 0 amide bonds. The van der Waals surface area contributed by atoms with Crippen molar-refractivity contribution in [3.63, 3.8) is 0 Å². The van der Waals surface area contributed by atoms with Gasteiger partial charge in [-0.25, -0.2) is 19.7 Å². The summed E-state index contributed by atoms with van der Waals surface area (Å²) in [5.74, 6) is 1.49. The molecular weight excluding hydrogens is 473 g/mol. The molecule has 0 unspecified atom stereocenters. The molecular formula is C23H28N5O6P. The van der Waals surface area contributed by atoms with Crippen LogP contribution in [0.5, 0.6) is 0 Å². The number of fused-ring (bicyclic) bond motifs is 1. The zero-order valence-corrected chi connectivity index (χ0v) is 20.6. The van der Waals surface area contributed by atoms with Crippen LogP contribution in [0.15, 0.2) is 54.9 Å². The third kappa shape index (κ3) is 5.59. The van der Waals surface area contributed by atoms with Crippen LogP contribution in [-0.4, -0.2) is 58.0 Å². The van der Waals surface area contributed by atoms with Crippen LogP contribution in [-0.2, 0) is 23.1 Å². The Hall–Kier alpha value is -3.11. The van der Waals surface area contributed by atoms with E-state index in [1.165, 1.54) is 12.1 Å². The van der Waals surface area contributed by atoms with E-state index in [0.717, 1.165) is 0 Å². The van der Waals surface area contributed by atoms with E-state index in [1.807, 2.05) is 6.07 Å². The van der Waals surface area contributed by atoms with Crippen LogP contribution in [0, 0.1) is 0 Å². The van der Waals surface area contributed by atoms with Crippen molar-refractivity contribution in [2.24, 2.45) is 0 Å². The molecule has 35 heavy (non-hydrogen) atoms. The van der Waals surface area contributed by atoms with Crippen molar-refractivity contribution in [3.05, 3.63) is 60.4 Å². The van der Waals surface area contributed by atoms with E-state index in [1.54, 1.807) is 62.1 Å². The molecule has 1 aliphatic heterocycles. The highest BCUT2D eigenvalue weighted by Crippen LogP contribution is 2.50. The molecule has 3 aromatic rings. The predicted octanol–water partition coefficient (Wildman–Crippen LogP) is 4.16. The van der Waals surface area contributed by atoms with Gasteiger partial charge >= 0.3 is 13.6 Å². The number of ether oxygens (including phenoxy) is 2. The summed E-state index contributed by atoms with van der Waals surface area (Å²) in [6.07, 6.45) is 3.03. The first-order chi connectivity index (χ1) is 17.0. The number of aromatic nitrogens is 4. The van der Waals surface area contributed by atoms with Crippen LogP contribution in [0.1, 0.15) is 36.9 Å². The van der Waals surface area contributed by atoms with Gasteiger partial charge in [0.05, 0.1) is 31.2 Å². The lowest BCUT2D eigenvalue weighted by molar-refractivity contribution is -0.0381. The van der Waals surface area contributed by atoms with Gasteiger partial charge in [0.15, 0.2) is 23.8 Å². The SMILES string of the molecule is CCOP(=O)(/C=C/[C@@H]1C[C@@H](OC(=O)c2ccccc2)[C@H](n2cnc3c(NC)ncnc32)O1)OCC. The molecule has 2 aromatic heterocycles. The van der Waals surface area contributed by atoms with Crippen molar-refractivity contribution in [3.8, 4) is 0 Å². The van der Waals surface area contributed by atoms with Crippen LogP contribution in [0.3, 0.4) is 0 Å². The van der Waals surface area contributed by atoms with Crippen LogP contribution in [0.4, 0.5) is 5.82 Å². The van der Waals surface area contributed by atoms with Crippen LogP contribution in [0.2, 0.25) is 0 Å². The fourth-order valence-corrected chi connectivity index (χ4v) is 5.20. The van der Waals surface area contributed by atoms with Crippen LogP contribution >= 0.6 is 7.60 Å². The Morgan fingerprint density at radius 1 is 1.20 bits per heavy atom. The zero-order chi connectivity index (χ0) is 24.8. The first-order valence-electron chi connectivity index (χ1n) is 11.3. The van der Waals surface area contributed by atoms with Gasteiger partial charge < -0.3 is 23.8 Å². The van der Waals surface area contributed by atoms with Crippen molar-refractivity contribution >= 4 is 30.5 Å². The maximum Gasteiger partial charge on any atom is 0.353 e. The van der Waals surface area contributed by atoms with Crippen LogP contribution in [0.25, 0.3) is 11.2 Å². The topological polar surface area (TPSA) is 127 Å². The molecule has 1 aliphatic rings. The predicted molar refractivity (Wildman–Crippen MR) is 129 cm³/mol. The second kappa shape index (κ2) is 11.1. The maximum atomic E-state index is 12.9. The molecule has 12 heteroatoms. The summed E-state index contributed by atoms with van der Waals surface area (Å²) in [5, 5.41) is 2.99. The number of carbonyl (C=O) groups is 1. The molecule has 0 saturated carbocycles. The third-order valence-corrected chi connectivity index (χ3v) is 7.11. The van der Waals surface area contributed by atoms with E-state index < -0.39 is 32.0 Å². The molecule has 0 bridgehead atoms. The van der Waals surface area contributed by atoms with E-state index in [0.29, 0.717) is 29.0 Å². The summed E-state index contributed by atoms with van der Waals surface area (Å²) >= 11 is 0. The van der Waals surface area contributed by atoms with Gasteiger partial charge in [-0.15, -0.1) is 0 Å². The third-order valence-electron chi connectivity index (χ3n) is 5.34. The van der Waals surface area contributed by atoms with Crippen molar-refractivity contribution in [1.82, 2.24) is 19.5 Å². The van der Waals surface area contributed by atoms with Gasteiger partial charge in [-0.2, -0.15) is 0 Å². The smallest absolute Gasteiger partial charge is 0.353 e. The van der Waals surface area contributed by atoms with Crippen molar-refractivity contribution < 1.29 is 27.9 Å². The van der Waals surface area contributed by atoms with Gasteiger partial charge in [0.25, 0.3) is 0 Å². The molecule has 3 heterocycles. The summed E-state index contributed by atoms with van der Waals surface area (Å²) in [5.41, 5.74) is 1.51. The number of rotatable bonds is 10. The van der Waals surface area contributed by atoms with E-state index in [9.17, 15) is 9.36 Å². The second-order valence-corrected chi connectivity index (χ2v) is 9.52. The lowest BCUT2D eigenvalue weighted by Gasteiger charge is -2.20. The van der Waals surface area contributed by atoms with Gasteiger partial charge in [-0.05, 0) is 32.1 Å². The first-order valence-corrected chi connectivity index (χ1v) is 12.9. The molecule has 0 aliphatic carbocycles. The fourth-order valence-electron chi connectivity index (χ4n) is 3.83. The van der Waals surface area contributed by atoms with Gasteiger partial charge in [0.2, 0.25) is 0 Å². The number of carbonyl (C=O) groups excluding carboxylic acids is 1. The maximum absolute atomic E-state index is 12.9. The molecule has 1 aromatic carbocycles. The average molecular weight is 501 g/mol. The summed E-state index contributed by atoms with van der Waals surface area (Å²) in [6, 6.07) is 8.73. The number of anilines is 1. The molecule has 186 valence electrons. The molecule has 4 rings (SSSR count). The minimum atomic E-state index is -3.41. The normalized spacial score (nSPS) is 20.5. The highest BCUT2D eigenvalue weighted by atomic mass is 31.2. The molecule has 11 nitrogen and oxygen atoms in total. The summed E-state index contributed by atoms with van der Waals surface area (Å²) in [4.78, 5) is 25.8. The molecule has 3 atom stereocenters. The minimum Gasteiger partial charge on any atom is -0.454 e. The number of nitrogens with zero attached hydrogens (tertiary/aromatic N) is 4. The molecule has 1 N–H and O–H groups in total. The number of nitrogens with one attached hydrogen (secondary N) is 1. The zero-order valence-electron chi connectivity index (χ0n) is 19.7. The summed E-state index contributed by atoms with van der Waals surface area (Å²) in [6.45, 7) is 3.96. The Kier molecular flexibility index (Phi) is 7.92. The first kappa shape index (κ1) is 25.0.